The maximum absolute atomic E-state index is 6.36. The minimum absolute atomic E-state index is 0.209. The predicted octanol–water partition coefficient (Wildman–Crippen LogP) is 12.3. The Hall–Kier alpha value is -6.52. The third-order valence-corrected chi connectivity index (χ3v) is 11.0. The third kappa shape index (κ3) is 3.90. The maximum Gasteiger partial charge on any atom is 0.160 e. The molecule has 0 saturated heterocycles. The van der Waals surface area contributed by atoms with Crippen LogP contribution in [-0.4, -0.2) is 14.5 Å². The second-order valence-corrected chi connectivity index (χ2v) is 14.1. The summed E-state index contributed by atoms with van der Waals surface area (Å²) in [6.07, 6.45) is 0. The van der Waals surface area contributed by atoms with E-state index in [1.165, 1.54) is 54.8 Å². The molecule has 3 heterocycles. The molecule has 0 radical (unpaired) electrons. The molecule has 0 bridgehead atoms. The molecule has 0 aliphatic heterocycles. The molecule has 0 fully saturated rings. The Morgan fingerprint density at radius 3 is 2.10 bits per heavy atom. The molecule has 1 aliphatic carbocycles. The standard InChI is InChI=1S/C47H31N3O/c1-47(2)35-25-27-40-43(33-16-8-11-19-39(33)51-40)41(35)34-24-26-38-42(44(34)47)32-15-7-10-18-37(32)50(38)30-22-20-29(21-23-30)46-48-36-17-9-6-14-31(36)45(49-46)28-12-4-3-5-13-28/h3-27H,1-2H3. The fourth-order valence-electron chi connectivity index (χ4n) is 8.73. The van der Waals surface area contributed by atoms with Gasteiger partial charge in [-0.3, -0.25) is 0 Å². The van der Waals surface area contributed by atoms with Crippen molar-refractivity contribution in [1.82, 2.24) is 14.5 Å². The first-order valence-electron chi connectivity index (χ1n) is 17.5. The van der Waals surface area contributed by atoms with Gasteiger partial charge in [-0.15, -0.1) is 0 Å². The summed E-state index contributed by atoms with van der Waals surface area (Å²) in [6.45, 7) is 4.75. The maximum atomic E-state index is 6.36. The number of fused-ring (bicyclic) bond motifs is 12. The van der Waals surface area contributed by atoms with Crippen molar-refractivity contribution in [3.8, 4) is 39.5 Å². The second kappa shape index (κ2) is 10.3. The Labute approximate surface area is 294 Å². The van der Waals surface area contributed by atoms with Gasteiger partial charge in [0.2, 0.25) is 0 Å². The van der Waals surface area contributed by atoms with E-state index in [-0.39, 0.29) is 5.41 Å². The Balaban J connectivity index is 1.11. The van der Waals surface area contributed by atoms with Crippen molar-refractivity contribution in [1.29, 1.82) is 0 Å². The summed E-state index contributed by atoms with van der Waals surface area (Å²) in [5.41, 5.74) is 14.4. The molecule has 0 N–H and O–H groups in total. The van der Waals surface area contributed by atoms with Gasteiger partial charge in [-0.05, 0) is 76.9 Å². The first-order valence-corrected chi connectivity index (χ1v) is 17.5. The average Bonchev–Trinajstić information content (AvgIpc) is 3.80. The highest BCUT2D eigenvalue weighted by Crippen LogP contribution is 2.56. The molecule has 240 valence electrons. The summed E-state index contributed by atoms with van der Waals surface area (Å²) in [5, 5.41) is 5.99. The van der Waals surface area contributed by atoms with Crippen LogP contribution in [-0.2, 0) is 5.41 Å². The van der Waals surface area contributed by atoms with Crippen molar-refractivity contribution in [2.24, 2.45) is 0 Å². The fourth-order valence-corrected chi connectivity index (χ4v) is 8.73. The lowest BCUT2D eigenvalue weighted by Crippen LogP contribution is -2.15. The van der Waals surface area contributed by atoms with Crippen LogP contribution < -0.4 is 0 Å². The number of hydrogen-bond acceptors (Lipinski definition) is 3. The van der Waals surface area contributed by atoms with Crippen LogP contribution >= 0.6 is 0 Å². The van der Waals surface area contributed by atoms with Crippen LogP contribution in [0.3, 0.4) is 0 Å². The molecule has 4 nitrogen and oxygen atoms in total. The van der Waals surface area contributed by atoms with Gasteiger partial charge >= 0.3 is 0 Å². The molecule has 7 aromatic carbocycles. The van der Waals surface area contributed by atoms with Gasteiger partial charge in [0, 0.05) is 49.2 Å². The second-order valence-electron chi connectivity index (χ2n) is 14.1. The number of nitrogens with zero attached hydrogens (tertiary/aromatic N) is 3. The minimum atomic E-state index is -0.209. The molecule has 4 heteroatoms. The summed E-state index contributed by atoms with van der Waals surface area (Å²) in [7, 11) is 0. The number of aromatic nitrogens is 3. The number of rotatable bonds is 3. The molecule has 11 rings (SSSR count). The number of furan rings is 1. The van der Waals surface area contributed by atoms with Crippen molar-refractivity contribution in [2.45, 2.75) is 19.3 Å². The molecule has 3 aromatic heterocycles. The lowest BCUT2D eigenvalue weighted by Gasteiger charge is -2.22. The fraction of sp³-hybridized carbons (Fsp3) is 0.0638. The molecule has 0 atom stereocenters. The van der Waals surface area contributed by atoms with E-state index in [1.807, 2.05) is 24.3 Å². The highest BCUT2D eigenvalue weighted by atomic mass is 16.3. The molecule has 1 aliphatic rings. The van der Waals surface area contributed by atoms with Gasteiger partial charge in [0.05, 0.1) is 22.2 Å². The van der Waals surface area contributed by atoms with Crippen LogP contribution in [0.5, 0.6) is 0 Å². The smallest absolute Gasteiger partial charge is 0.160 e. The van der Waals surface area contributed by atoms with Gasteiger partial charge in [-0.1, -0.05) is 111 Å². The summed E-state index contributed by atoms with van der Waals surface area (Å²) in [5.74, 6) is 0.719. The lowest BCUT2D eigenvalue weighted by molar-refractivity contribution is 0.660. The van der Waals surface area contributed by atoms with E-state index >= 15 is 0 Å². The van der Waals surface area contributed by atoms with Crippen molar-refractivity contribution in [2.75, 3.05) is 0 Å². The first kappa shape index (κ1) is 28.3. The van der Waals surface area contributed by atoms with E-state index in [4.69, 9.17) is 14.4 Å². The highest BCUT2D eigenvalue weighted by molar-refractivity contribution is 6.19. The van der Waals surface area contributed by atoms with Gasteiger partial charge in [-0.25, -0.2) is 9.97 Å². The Bertz CT molecular complexity index is 3040. The molecular weight excluding hydrogens is 623 g/mol. The molecule has 0 unspecified atom stereocenters. The summed E-state index contributed by atoms with van der Waals surface area (Å²) in [6, 6.07) is 53.7. The van der Waals surface area contributed by atoms with E-state index in [0.29, 0.717) is 0 Å². The van der Waals surface area contributed by atoms with Crippen LogP contribution in [0, 0.1) is 0 Å². The molecule has 0 saturated carbocycles. The van der Waals surface area contributed by atoms with E-state index in [1.54, 1.807) is 0 Å². The Morgan fingerprint density at radius 2 is 1.25 bits per heavy atom. The molecule has 0 amide bonds. The summed E-state index contributed by atoms with van der Waals surface area (Å²) >= 11 is 0. The van der Waals surface area contributed by atoms with E-state index in [9.17, 15) is 0 Å². The number of hydrogen-bond donors (Lipinski definition) is 0. The largest absolute Gasteiger partial charge is 0.456 e. The number of para-hydroxylation sites is 3. The summed E-state index contributed by atoms with van der Waals surface area (Å²) < 4.78 is 8.77. The highest BCUT2D eigenvalue weighted by Gasteiger charge is 2.40. The zero-order valence-corrected chi connectivity index (χ0v) is 28.2. The SMILES string of the molecule is CC1(C)c2ccc3oc4ccccc4c3c2-c2ccc3c(c21)c1ccccc1n3-c1ccc(-c2nc(-c3ccccc3)c3ccccc3n2)cc1. The van der Waals surface area contributed by atoms with Crippen LogP contribution in [0.25, 0.3) is 94.1 Å². The van der Waals surface area contributed by atoms with Crippen LogP contribution in [0.1, 0.15) is 25.0 Å². The van der Waals surface area contributed by atoms with Crippen molar-refractivity contribution in [3.63, 3.8) is 0 Å². The van der Waals surface area contributed by atoms with Gasteiger partial charge in [0.25, 0.3) is 0 Å². The van der Waals surface area contributed by atoms with Crippen LogP contribution in [0.4, 0.5) is 0 Å². The monoisotopic (exact) mass is 653 g/mol. The average molecular weight is 654 g/mol. The van der Waals surface area contributed by atoms with Crippen LogP contribution in [0.15, 0.2) is 156 Å². The van der Waals surface area contributed by atoms with Gasteiger partial charge in [-0.2, -0.15) is 0 Å². The third-order valence-electron chi connectivity index (χ3n) is 11.0. The van der Waals surface area contributed by atoms with Crippen molar-refractivity contribution < 1.29 is 4.42 Å². The Morgan fingerprint density at radius 1 is 0.529 bits per heavy atom. The molecular formula is C47H31N3O. The first-order chi connectivity index (χ1) is 25.1. The predicted molar refractivity (Wildman–Crippen MR) is 210 cm³/mol. The van der Waals surface area contributed by atoms with Crippen molar-refractivity contribution >= 4 is 54.6 Å². The zero-order valence-electron chi connectivity index (χ0n) is 28.2. The van der Waals surface area contributed by atoms with Gasteiger partial charge in [0.15, 0.2) is 5.82 Å². The normalized spacial score (nSPS) is 13.5. The van der Waals surface area contributed by atoms with Crippen LogP contribution in [0.2, 0.25) is 0 Å². The topological polar surface area (TPSA) is 43.9 Å². The Kier molecular flexibility index (Phi) is 5.70. The van der Waals surface area contributed by atoms with Crippen molar-refractivity contribution in [3.05, 3.63) is 163 Å². The van der Waals surface area contributed by atoms with Gasteiger partial charge in [0.1, 0.15) is 11.2 Å². The molecule has 10 aromatic rings. The summed E-state index contributed by atoms with van der Waals surface area (Å²) in [4.78, 5) is 10.1. The lowest BCUT2D eigenvalue weighted by atomic mass is 9.80. The zero-order chi connectivity index (χ0) is 33.8. The minimum Gasteiger partial charge on any atom is -0.456 e. The molecule has 51 heavy (non-hydrogen) atoms. The van der Waals surface area contributed by atoms with Gasteiger partial charge < -0.3 is 8.98 Å². The number of benzene rings is 7. The van der Waals surface area contributed by atoms with E-state index < -0.39 is 0 Å². The van der Waals surface area contributed by atoms with E-state index in [0.717, 1.165) is 50.4 Å². The quantitative estimate of drug-likeness (QED) is 0.191. The molecule has 0 spiro atoms. The van der Waals surface area contributed by atoms with E-state index in [2.05, 4.69) is 146 Å².